The molecule has 0 aromatic rings. The van der Waals surface area contributed by atoms with Gasteiger partial charge in [0.15, 0.2) is 0 Å². The summed E-state index contributed by atoms with van der Waals surface area (Å²) in [4.78, 5) is 0. The van der Waals surface area contributed by atoms with Crippen LogP contribution in [-0.2, 0) is 45.3 Å². The first-order chi connectivity index (χ1) is 3.71. The zero-order valence-electron chi connectivity index (χ0n) is 4.88. The second kappa shape index (κ2) is 5.92. The monoisotopic (exact) mass is 274 g/mol. The predicted molar refractivity (Wildman–Crippen MR) is 13.2 cm³/mol. The molecule has 0 spiro atoms. The van der Waals surface area contributed by atoms with Gasteiger partial charge < -0.3 is 5.48 Å². The minimum atomic E-state index is -6.07. The average Bonchev–Trinajstić information content (AvgIpc) is 1.14. The maximum absolute atomic E-state index is 9.38. The summed E-state index contributed by atoms with van der Waals surface area (Å²) in [6.07, 6.45) is 0. The van der Waals surface area contributed by atoms with Crippen LogP contribution in [0.3, 0.4) is 0 Å². The molecule has 11 heavy (non-hydrogen) atoms. The van der Waals surface area contributed by atoms with E-state index in [1.165, 1.54) is 0 Å². The van der Waals surface area contributed by atoms with Gasteiger partial charge >= 0.3 is 91.3 Å². The van der Waals surface area contributed by atoms with Crippen molar-refractivity contribution in [2.75, 3.05) is 0 Å². The molecule has 0 rings (SSSR count). The van der Waals surface area contributed by atoms with E-state index in [1.54, 1.807) is 0 Å². The van der Waals surface area contributed by atoms with Crippen LogP contribution in [-0.4, -0.2) is 43.2 Å². The standard InChI is InChI=1S/Ca.2Cr.H2O.7O/h;;;1H2;;;;;;;/q+2;;;;;;;;;2*-1. The van der Waals surface area contributed by atoms with E-state index < -0.39 is 27.2 Å². The Bertz CT molecular complexity index is 237. The normalized spacial score (nSPS) is 11.1. The molecule has 64 valence electrons. The van der Waals surface area contributed by atoms with Gasteiger partial charge in [-0.3, -0.25) is 0 Å². The van der Waals surface area contributed by atoms with Gasteiger partial charge in [-0.1, -0.05) is 0 Å². The van der Waals surface area contributed by atoms with Gasteiger partial charge in [0.2, 0.25) is 0 Å². The van der Waals surface area contributed by atoms with Gasteiger partial charge in [0.1, 0.15) is 0 Å². The van der Waals surface area contributed by atoms with Crippen molar-refractivity contribution in [2.24, 2.45) is 0 Å². The van der Waals surface area contributed by atoms with Gasteiger partial charge in [-0.15, -0.1) is 0 Å². The van der Waals surface area contributed by atoms with E-state index in [4.69, 9.17) is 0 Å². The summed E-state index contributed by atoms with van der Waals surface area (Å²) in [7, 11) is 0. The first kappa shape index (κ1) is 18.2. The molecule has 0 unspecified atom stereocenters. The van der Waals surface area contributed by atoms with Gasteiger partial charge in [-0.25, -0.2) is 0 Å². The third-order valence-electron chi connectivity index (χ3n) is 0.167. The molecule has 0 aromatic carbocycles. The van der Waals surface area contributed by atoms with Crippen LogP contribution in [0.4, 0.5) is 0 Å². The van der Waals surface area contributed by atoms with E-state index in [-0.39, 0.29) is 43.2 Å². The van der Waals surface area contributed by atoms with E-state index in [1.807, 2.05) is 0 Å². The quantitative estimate of drug-likeness (QED) is 0.463. The second-order valence-electron chi connectivity index (χ2n) is 0.885. The Morgan fingerprint density at radius 2 is 1.09 bits per heavy atom. The fraction of sp³-hybridized carbons (Fsp3) is 0. The Morgan fingerprint density at radius 3 is 1.09 bits per heavy atom. The average molecular weight is 274 g/mol. The number of rotatable bonds is 2. The molecule has 0 saturated heterocycles. The molecule has 8 nitrogen and oxygen atoms in total. The zero-order valence-corrected chi connectivity index (χ0v) is 9.64. The summed E-state index contributed by atoms with van der Waals surface area (Å²) in [5.74, 6) is 0. The first-order valence-electron chi connectivity index (χ1n) is 1.33. The molecular weight excluding hydrogens is 272 g/mol. The maximum atomic E-state index is 9.38. The molecule has 0 saturated carbocycles. The van der Waals surface area contributed by atoms with Crippen LogP contribution >= 0.6 is 0 Å². The van der Waals surface area contributed by atoms with Crippen molar-refractivity contribution in [1.82, 2.24) is 0 Å². The molecule has 0 fully saturated rings. The summed E-state index contributed by atoms with van der Waals surface area (Å²) in [5.41, 5.74) is 0. The van der Waals surface area contributed by atoms with Crippen molar-refractivity contribution >= 4 is 37.7 Å². The molecule has 0 aliphatic rings. The topological polar surface area (TPSA) is 155 Å². The van der Waals surface area contributed by atoms with Gasteiger partial charge in [0, 0.05) is 0 Å². The van der Waals surface area contributed by atoms with Gasteiger partial charge in [0.25, 0.3) is 0 Å². The summed E-state index contributed by atoms with van der Waals surface area (Å²) in [6, 6.07) is 0. The molecule has 0 aliphatic carbocycles. The minimum absolute atomic E-state index is 0. The van der Waals surface area contributed by atoms with E-state index >= 15 is 0 Å². The fourth-order valence-corrected chi connectivity index (χ4v) is 1.74. The molecule has 0 aromatic heterocycles. The van der Waals surface area contributed by atoms with Crippen molar-refractivity contribution in [2.45, 2.75) is 0 Å². The molecule has 11 heteroatoms. The molecule has 0 heterocycles. The zero-order chi connectivity index (χ0) is 7.71. The van der Waals surface area contributed by atoms with E-state index in [0.29, 0.717) is 0 Å². The fourth-order valence-electron chi connectivity index (χ4n) is 0.102. The van der Waals surface area contributed by atoms with Crippen molar-refractivity contribution in [3.8, 4) is 0 Å². The second-order valence-corrected chi connectivity index (χ2v) is 4.52. The predicted octanol–water partition coefficient (Wildman–Crippen LogP) is -4.13. The molecular formula is H2CaCr2O8. The van der Waals surface area contributed by atoms with Crippen LogP contribution in [0.5, 0.6) is 0 Å². The number of hydrogen-bond donors (Lipinski definition) is 0. The number of hydrogen-bond acceptors (Lipinski definition) is 7. The third-order valence-corrected chi connectivity index (χ3v) is 2.83. The van der Waals surface area contributed by atoms with Crippen molar-refractivity contribution in [3.63, 3.8) is 0 Å². The Hall–Kier alpha value is 1.36. The summed E-state index contributed by atoms with van der Waals surface area (Å²) in [5, 5.41) is 0. The van der Waals surface area contributed by atoms with Crippen LogP contribution in [0.25, 0.3) is 0 Å². The molecule has 0 atom stereocenters. The van der Waals surface area contributed by atoms with Crippen LogP contribution in [0.2, 0.25) is 0 Å². The van der Waals surface area contributed by atoms with Crippen LogP contribution in [0.15, 0.2) is 0 Å². The summed E-state index contributed by atoms with van der Waals surface area (Å²) in [6.45, 7) is 0. The van der Waals surface area contributed by atoms with Crippen molar-refractivity contribution < 1.29 is 59.1 Å². The molecule has 0 bridgehead atoms. The molecule has 2 N–H and O–H groups in total. The Morgan fingerprint density at radius 1 is 0.909 bits per heavy atom. The Balaban J connectivity index is -0.000000320. The van der Waals surface area contributed by atoms with Crippen LogP contribution in [0.1, 0.15) is 0 Å². The van der Waals surface area contributed by atoms with Crippen molar-refractivity contribution in [3.05, 3.63) is 0 Å². The SMILES string of the molecule is O.[Ca+2].[O]=[Cr](=[O])([O-])[O][Cr](=[O])(=[O])[O-]. The Labute approximate surface area is 95.6 Å². The van der Waals surface area contributed by atoms with Gasteiger partial charge in [-0.05, 0) is 0 Å². The van der Waals surface area contributed by atoms with Gasteiger partial charge in [-0.2, -0.15) is 0 Å². The van der Waals surface area contributed by atoms with E-state index in [2.05, 4.69) is 2.84 Å². The molecule has 0 amide bonds. The van der Waals surface area contributed by atoms with Crippen LogP contribution < -0.4 is 8.32 Å². The van der Waals surface area contributed by atoms with E-state index in [0.717, 1.165) is 0 Å². The molecule has 0 radical (unpaired) electrons. The summed E-state index contributed by atoms with van der Waals surface area (Å²) < 4.78 is 58.9. The van der Waals surface area contributed by atoms with Crippen LogP contribution in [0, 0.1) is 0 Å². The summed E-state index contributed by atoms with van der Waals surface area (Å²) >= 11 is -12.1. The third kappa shape index (κ3) is 18.4. The Kier molecular flexibility index (Phi) is 9.79. The first-order valence-corrected chi connectivity index (χ1v) is 5.50. The van der Waals surface area contributed by atoms with Crippen molar-refractivity contribution in [1.29, 1.82) is 0 Å². The van der Waals surface area contributed by atoms with E-state index in [9.17, 15) is 23.5 Å². The van der Waals surface area contributed by atoms with Gasteiger partial charge in [0.05, 0.1) is 0 Å². The molecule has 0 aliphatic heterocycles.